The lowest BCUT2D eigenvalue weighted by Crippen LogP contribution is -2.33. The molecule has 124 valence electrons. The van der Waals surface area contributed by atoms with Crippen molar-refractivity contribution in [1.82, 2.24) is 19.7 Å². The van der Waals surface area contributed by atoms with Crippen LogP contribution in [0.5, 0.6) is 0 Å². The first-order chi connectivity index (χ1) is 11.6. The summed E-state index contributed by atoms with van der Waals surface area (Å²) in [5.74, 6) is 0.137. The van der Waals surface area contributed by atoms with E-state index in [4.69, 9.17) is 16.0 Å². The van der Waals surface area contributed by atoms with E-state index in [1.54, 1.807) is 43.5 Å². The molecule has 0 saturated heterocycles. The summed E-state index contributed by atoms with van der Waals surface area (Å²) < 4.78 is 7.43. The van der Waals surface area contributed by atoms with Gasteiger partial charge < -0.3 is 9.73 Å². The van der Waals surface area contributed by atoms with Gasteiger partial charge in [0, 0.05) is 12.1 Å². The van der Waals surface area contributed by atoms with Gasteiger partial charge in [-0.2, -0.15) is 9.78 Å². The van der Waals surface area contributed by atoms with Crippen molar-refractivity contribution in [3.05, 3.63) is 69.8 Å². The van der Waals surface area contributed by atoms with E-state index >= 15 is 0 Å². The van der Waals surface area contributed by atoms with Crippen LogP contribution in [0.2, 0.25) is 5.02 Å². The number of aromatic nitrogens is 3. The van der Waals surface area contributed by atoms with Crippen molar-refractivity contribution in [3.8, 4) is 5.69 Å². The normalized spacial score (nSPS) is 10.8. The first-order valence-electron chi connectivity index (χ1n) is 7.25. The molecule has 0 aliphatic rings. The second-order valence-corrected chi connectivity index (χ2v) is 5.59. The molecule has 1 N–H and O–H groups in total. The van der Waals surface area contributed by atoms with E-state index < -0.39 is 5.69 Å². The number of nitrogens with one attached hydrogen (secondary N) is 1. The number of halogens is 1. The third-order valence-electron chi connectivity index (χ3n) is 3.50. The van der Waals surface area contributed by atoms with Crippen molar-refractivity contribution in [2.75, 3.05) is 0 Å². The van der Waals surface area contributed by atoms with Crippen LogP contribution in [-0.4, -0.2) is 20.3 Å². The number of nitrogens with zero attached hydrogens (tertiary/aromatic N) is 3. The molecule has 24 heavy (non-hydrogen) atoms. The van der Waals surface area contributed by atoms with Crippen LogP contribution in [0.1, 0.15) is 11.4 Å². The maximum Gasteiger partial charge on any atom is 0.351 e. The van der Waals surface area contributed by atoms with E-state index in [-0.39, 0.29) is 12.5 Å². The van der Waals surface area contributed by atoms with E-state index in [9.17, 15) is 9.59 Å². The zero-order valence-electron chi connectivity index (χ0n) is 12.9. The monoisotopic (exact) mass is 346 g/mol. The Bertz CT molecular complexity index is 912. The van der Waals surface area contributed by atoms with Gasteiger partial charge in [-0.1, -0.05) is 23.7 Å². The lowest BCUT2D eigenvalue weighted by atomic mass is 10.3. The predicted octanol–water partition coefficient (Wildman–Crippen LogP) is 1.91. The highest BCUT2D eigenvalue weighted by Gasteiger charge is 2.15. The lowest BCUT2D eigenvalue weighted by Gasteiger charge is -2.04. The van der Waals surface area contributed by atoms with Crippen LogP contribution in [0.4, 0.5) is 0 Å². The average Bonchev–Trinajstić information content (AvgIpc) is 3.17. The summed E-state index contributed by atoms with van der Waals surface area (Å²) in [6.45, 7) is 1.88. The van der Waals surface area contributed by atoms with Gasteiger partial charge in [0.25, 0.3) is 0 Å². The summed E-state index contributed by atoms with van der Waals surface area (Å²) in [5, 5.41) is 7.33. The maximum atomic E-state index is 12.5. The fraction of sp³-hybridized carbons (Fsp3) is 0.188. The minimum atomic E-state index is -0.418. The van der Waals surface area contributed by atoms with Gasteiger partial charge in [-0.15, -0.1) is 0 Å². The second kappa shape index (κ2) is 6.76. The molecule has 3 aromatic rings. The quantitative estimate of drug-likeness (QED) is 0.765. The summed E-state index contributed by atoms with van der Waals surface area (Å²) >= 11 is 6.11. The number of hydrogen-bond donors (Lipinski definition) is 1. The molecular formula is C16H15ClN4O3. The Balaban J connectivity index is 1.78. The fourth-order valence-electron chi connectivity index (χ4n) is 2.25. The molecule has 0 aliphatic heterocycles. The zero-order valence-corrected chi connectivity index (χ0v) is 13.7. The standard InChI is InChI=1S/C16H15ClN4O3/c1-11-19-21(14-5-3-2-4-13(14)17)16(23)20(11)9-15(22)18-8-12-6-7-24-10-12/h2-7,10H,8-9H2,1H3,(H,18,22). The molecule has 3 rings (SSSR count). The fourth-order valence-corrected chi connectivity index (χ4v) is 2.47. The molecule has 0 fully saturated rings. The highest BCUT2D eigenvalue weighted by molar-refractivity contribution is 6.32. The summed E-state index contributed by atoms with van der Waals surface area (Å²) in [5.41, 5.74) is 0.906. The number of rotatable bonds is 5. The van der Waals surface area contributed by atoms with Crippen molar-refractivity contribution < 1.29 is 9.21 Å². The van der Waals surface area contributed by atoms with Gasteiger partial charge in [-0.3, -0.25) is 9.36 Å². The van der Waals surface area contributed by atoms with E-state index in [0.29, 0.717) is 23.1 Å². The van der Waals surface area contributed by atoms with Crippen molar-refractivity contribution in [3.63, 3.8) is 0 Å². The van der Waals surface area contributed by atoms with Crippen molar-refractivity contribution in [2.45, 2.75) is 20.0 Å². The maximum absolute atomic E-state index is 12.5. The Morgan fingerprint density at radius 3 is 2.83 bits per heavy atom. The first-order valence-corrected chi connectivity index (χ1v) is 7.63. The molecule has 0 spiro atoms. The SMILES string of the molecule is Cc1nn(-c2ccccc2Cl)c(=O)n1CC(=O)NCc1ccoc1. The molecule has 8 heteroatoms. The highest BCUT2D eigenvalue weighted by Crippen LogP contribution is 2.17. The molecule has 2 aromatic heterocycles. The number of hydrogen-bond acceptors (Lipinski definition) is 4. The summed E-state index contributed by atoms with van der Waals surface area (Å²) in [7, 11) is 0. The Hall–Kier alpha value is -2.80. The Morgan fingerprint density at radius 1 is 1.33 bits per heavy atom. The van der Waals surface area contributed by atoms with Gasteiger partial charge in [-0.25, -0.2) is 4.79 Å². The molecular weight excluding hydrogens is 332 g/mol. The van der Waals surface area contributed by atoms with Crippen LogP contribution in [0.15, 0.2) is 52.1 Å². The van der Waals surface area contributed by atoms with Crippen LogP contribution < -0.4 is 11.0 Å². The van der Waals surface area contributed by atoms with Gasteiger partial charge >= 0.3 is 5.69 Å². The third-order valence-corrected chi connectivity index (χ3v) is 3.82. The number of amides is 1. The third kappa shape index (κ3) is 3.26. The predicted molar refractivity (Wildman–Crippen MR) is 88.1 cm³/mol. The van der Waals surface area contributed by atoms with Crippen LogP contribution >= 0.6 is 11.6 Å². The lowest BCUT2D eigenvalue weighted by molar-refractivity contribution is -0.121. The molecule has 2 heterocycles. The number of benzene rings is 1. The summed E-state index contributed by atoms with van der Waals surface area (Å²) in [6.07, 6.45) is 3.08. The number of carbonyl (C=O) groups is 1. The van der Waals surface area contributed by atoms with Gasteiger partial charge in [0.2, 0.25) is 5.91 Å². The Morgan fingerprint density at radius 2 is 2.12 bits per heavy atom. The molecule has 0 radical (unpaired) electrons. The summed E-state index contributed by atoms with van der Waals surface area (Å²) in [4.78, 5) is 24.6. The van der Waals surface area contributed by atoms with Crippen LogP contribution in [0, 0.1) is 6.92 Å². The van der Waals surface area contributed by atoms with Crippen LogP contribution in [0.25, 0.3) is 5.69 Å². The molecule has 7 nitrogen and oxygen atoms in total. The van der Waals surface area contributed by atoms with Crippen LogP contribution in [0.3, 0.4) is 0 Å². The number of para-hydroxylation sites is 1. The second-order valence-electron chi connectivity index (χ2n) is 5.19. The van der Waals surface area contributed by atoms with Crippen molar-refractivity contribution in [1.29, 1.82) is 0 Å². The molecule has 0 atom stereocenters. The topological polar surface area (TPSA) is 82.1 Å². The largest absolute Gasteiger partial charge is 0.472 e. The summed E-state index contributed by atoms with van der Waals surface area (Å²) in [6, 6.07) is 8.66. The van der Waals surface area contributed by atoms with Crippen LogP contribution in [-0.2, 0) is 17.9 Å². The Labute approximate surface area is 142 Å². The van der Waals surface area contributed by atoms with Crippen molar-refractivity contribution >= 4 is 17.5 Å². The number of carbonyl (C=O) groups excluding carboxylic acids is 1. The van der Waals surface area contributed by atoms with Gasteiger partial charge in [-0.05, 0) is 25.1 Å². The van der Waals surface area contributed by atoms with Gasteiger partial charge in [0.05, 0.1) is 23.2 Å². The molecule has 0 saturated carbocycles. The van der Waals surface area contributed by atoms with Crippen molar-refractivity contribution in [2.24, 2.45) is 0 Å². The molecule has 0 unspecified atom stereocenters. The average molecular weight is 347 g/mol. The molecule has 1 aromatic carbocycles. The molecule has 0 bridgehead atoms. The Kier molecular flexibility index (Phi) is 4.52. The van der Waals surface area contributed by atoms with E-state index in [1.165, 1.54) is 15.5 Å². The van der Waals surface area contributed by atoms with Gasteiger partial charge in [0.1, 0.15) is 12.4 Å². The minimum Gasteiger partial charge on any atom is -0.472 e. The smallest absolute Gasteiger partial charge is 0.351 e. The first kappa shape index (κ1) is 16.1. The molecule has 0 aliphatic carbocycles. The van der Waals surface area contributed by atoms with E-state index in [2.05, 4.69) is 10.4 Å². The minimum absolute atomic E-state index is 0.118. The zero-order chi connectivity index (χ0) is 17.1. The van der Waals surface area contributed by atoms with E-state index in [1.807, 2.05) is 0 Å². The number of aryl methyl sites for hydroxylation is 1. The highest BCUT2D eigenvalue weighted by atomic mass is 35.5. The van der Waals surface area contributed by atoms with Gasteiger partial charge in [0.15, 0.2) is 0 Å². The number of furan rings is 1. The molecule has 1 amide bonds. The van der Waals surface area contributed by atoms with E-state index in [0.717, 1.165) is 5.56 Å².